The summed E-state index contributed by atoms with van der Waals surface area (Å²) in [6.07, 6.45) is 1.20. The Balaban J connectivity index is 2.59. The van der Waals surface area contributed by atoms with Crippen LogP contribution < -0.4 is 10.6 Å². The van der Waals surface area contributed by atoms with Crippen molar-refractivity contribution >= 4 is 17.6 Å². The lowest BCUT2D eigenvalue weighted by molar-refractivity contribution is -0.137. The summed E-state index contributed by atoms with van der Waals surface area (Å²) < 4.78 is 0. The molecule has 6 heteroatoms. The summed E-state index contributed by atoms with van der Waals surface area (Å²) in [6.45, 7) is 2.11. The zero-order chi connectivity index (χ0) is 15.7. The van der Waals surface area contributed by atoms with Crippen molar-refractivity contribution in [2.75, 3.05) is 18.5 Å². The Hall–Kier alpha value is -1.92. The van der Waals surface area contributed by atoms with Crippen molar-refractivity contribution in [3.05, 3.63) is 29.8 Å². The van der Waals surface area contributed by atoms with E-state index in [2.05, 4.69) is 10.6 Å². The molecule has 0 saturated heterocycles. The molecule has 0 aliphatic heterocycles. The van der Waals surface area contributed by atoms with E-state index in [1.54, 1.807) is 12.1 Å². The normalized spacial score (nSPS) is 11.9. The second kappa shape index (κ2) is 9.10. The van der Waals surface area contributed by atoms with Gasteiger partial charge in [0.05, 0.1) is 6.42 Å². The molecule has 1 unspecified atom stereocenters. The fraction of sp³-hybridized carbons (Fsp3) is 0.467. The van der Waals surface area contributed by atoms with E-state index in [9.17, 15) is 9.59 Å². The Labute approximate surface area is 124 Å². The highest BCUT2D eigenvalue weighted by Gasteiger charge is 2.13. The van der Waals surface area contributed by atoms with Gasteiger partial charge in [0.25, 0.3) is 0 Å². The molecule has 1 atom stereocenters. The highest BCUT2D eigenvalue weighted by Crippen LogP contribution is 2.12. The Morgan fingerprint density at radius 1 is 1.24 bits per heavy atom. The standard InChI is InChI=1S/C15H22N2O4/c1-11(19)17-13-5-3-12(4-6-13)9-14(10-15(20)21)16-7-2-8-18/h3-6,14,16,18H,2,7-10H2,1H3,(H,17,19)(H,20,21). The molecule has 1 rings (SSSR count). The predicted molar refractivity (Wildman–Crippen MR) is 80.2 cm³/mol. The van der Waals surface area contributed by atoms with Crippen LogP contribution in [0.3, 0.4) is 0 Å². The molecule has 0 radical (unpaired) electrons. The molecule has 21 heavy (non-hydrogen) atoms. The summed E-state index contributed by atoms with van der Waals surface area (Å²) in [4.78, 5) is 21.8. The predicted octanol–water partition coefficient (Wildman–Crippen LogP) is 1.00. The average molecular weight is 294 g/mol. The Morgan fingerprint density at radius 3 is 2.43 bits per heavy atom. The number of rotatable bonds is 9. The molecule has 0 saturated carbocycles. The van der Waals surface area contributed by atoms with Gasteiger partial charge in [-0.15, -0.1) is 0 Å². The monoisotopic (exact) mass is 294 g/mol. The molecule has 0 spiro atoms. The van der Waals surface area contributed by atoms with E-state index in [4.69, 9.17) is 10.2 Å². The van der Waals surface area contributed by atoms with Crippen LogP contribution in [0.1, 0.15) is 25.3 Å². The van der Waals surface area contributed by atoms with Crippen LogP contribution in [0.15, 0.2) is 24.3 Å². The molecule has 6 nitrogen and oxygen atoms in total. The van der Waals surface area contributed by atoms with Crippen LogP contribution in [0.2, 0.25) is 0 Å². The lowest BCUT2D eigenvalue weighted by Crippen LogP contribution is -2.34. The maximum Gasteiger partial charge on any atom is 0.304 e. The van der Waals surface area contributed by atoms with E-state index >= 15 is 0 Å². The van der Waals surface area contributed by atoms with Crippen LogP contribution in [-0.4, -0.2) is 41.3 Å². The molecule has 0 heterocycles. The van der Waals surface area contributed by atoms with Crippen molar-refractivity contribution in [3.8, 4) is 0 Å². The zero-order valence-corrected chi connectivity index (χ0v) is 12.1. The molecule has 1 aromatic rings. The molecule has 1 aromatic carbocycles. The van der Waals surface area contributed by atoms with Gasteiger partial charge in [-0.1, -0.05) is 12.1 Å². The Kier molecular flexibility index (Phi) is 7.42. The molecule has 0 aliphatic carbocycles. The minimum Gasteiger partial charge on any atom is -0.481 e. The van der Waals surface area contributed by atoms with Gasteiger partial charge in [0, 0.05) is 25.3 Å². The fourth-order valence-corrected chi connectivity index (χ4v) is 2.02. The minimum absolute atomic E-state index is 0.0267. The van der Waals surface area contributed by atoms with Crippen molar-refractivity contribution in [3.63, 3.8) is 0 Å². The van der Waals surface area contributed by atoms with Crippen molar-refractivity contribution in [2.24, 2.45) is 0 Å². The fourth-order valence-electron chi connectivity index (χ4n) is 2.02. The molecule has 0 aliphatic rings. The van der Waals surface area contributed by atoms with Gasteiger partial charge in [-0.2, -0.15) is 0 Å². The number of carboxylic acid groups (broad SMARTS) is 1. The van der Waals surface area contributed by atoms with Crippen molar-refractivity contribution in [2.45, 2.75) is 32.2 Å². The van der Waals surface area contributed by atoms with Gasteiger partial charge < -0.3 is 20.8 Å². The SMILES string of the molecule is CC(=O)Nc1ccc(CC(CC(=O)O)NCCCO)cc1. The molecule has 0 bridgehead atoms. The van der Waals surface area contributed by atoms with Gasteiger partial charge in [0.15, 0.2) is 0 Å². The second-order valence-electron chi connectivity index (χ2n) is 4.91. The van der Waals surface area contributed by atoms with Crippen LogP contribution in [0, 0.1) is 0 Å². The van der Waals surface area contributed by atoms with E-state index in [0.29, 0.717) is 25.1 Å². The van der Waals surface area contributed by atoms with Gasteiger partial charge in [-0.3, -0.25) is 9.59 Å². The third kappa shape index (κ3) is 7.43. The van der Waals surface area contributed by atoms with Crippen molar-refractivity contribution < 1.29 is 19.8 Å². The largest absolute Gasteiger partial charge is 0.481 e. The first-order valence-corrected chi connectivity index (χ1v) is 6.94. The highest BCUT2D eigenvalue weighted by molar-refractivity contribution is 5.88. The van der Waals surface area contributed by atoms with Gasteiger partial charge >= 0.3 is 5.97 Å². The third-order valence-corrected chi connectivity index (χ3v) is 2.95. The van der Waals surface area contributed by atoms with Crippen LogP contribution in [0.25, 0.3) is 0 Å². The topological polar surface area (TPSA) is 98.7 Å². The maximum absolute atomic E-state index is 10.9. The van der Waals surface area contributed by atoms with Gasteiger partial charge in [0.2, 0.25) is 5.91 Å². The van der Waals surface area contributed by atoms with Gasteiger partial charge in [0.1, 0.15) is 0 Å². The Morgan fingerprint density at radius 2 is 1.90 bits per heavy atom. The maximum atomic E-state index is 10.9. The number of aliphatic carboxylic acids is 1. The summed E-state index contributed by atoms with van der Waals surface area (Å²) in [5, 5.41) is 23.5. The number of benzene rings is 1. The number of carbonyl (C=O) groups is 2. The van der Waals surface area contributed by atoms with Crippen LogP contribution in [-0.2, 0) is 16.0 Å². The summed E-state index contributed by atoms with van der Waals surface area (Å²) in [5.74, 6) is -0.983. The molecular weight excluding hydrogens is 272 g/mol. The van der Waals surface area contributed by atoms with Crippen LogP contribution in [0.5, 0.6) is 0 Å². The average Bonchev–Trinajstić information content (AvgIpc) is 2.40. The molecule has 0 aromatic heterocycles. The van der Waals surface area contributed by atoms with E-state index in [-0.39, 0.29) is 25.0 Å². The number of anilines is 1. The quantitative estimate of drug-likeness (QED) is 0.509. The summed E-state index contributed by atoms with van der Waals surface area (Å²) in [6, 6.07) is 7.15. The lowest BCUT2D eigenvalue weighted by Gasteiger charge is -2.17. The molecule has 1 amide bonds. The molecule has 4 N–H and O–H groups in total. The summed E-state index contributed by atoms with van der Waals surface area (Å²) >= 11 is 0. The number of hydrogen-bond acceptors (Lipinski definition) is 4. The molecule has 0 fully saturated rings. The zero-order valence-electron chi connectivity index (χ0n) is 12.1. The first-order chi connectivity index (χ1) is 10.0. The van der Waals surface area contributed by atoms with Crippen LogP contribution in [0.4, 0.5) is 5.69 Å². The first-order valence-electron chi connectivity index (χ1n) is 6.94. The van der Waals surface area contributed by atoms with Crippen molar-refractivity contribution in [1.29, 1.82) is 0 Å². The number of aliphatic hydroxyl groups is 1. The highest BCUT2D eigenvalue weighted by atomic mass is 16.4. The smallest absolute Gasteiger partial charge is 0.304 e. The van der Waals surface area contributed by atoms with Crippen molar-refractivity contribution in [1.82, 2.24) is 5.32 Å². The molecular formula is C15H22N2O4. The number of carboxylic acids is 1. The number of aliphatic hydroxyl groups excluding tert-OH is 1. The van der Waals surface area contributed by atoms with E-state index in [1.165, 1.54) is 6.92 Å². The van der Waals surface area contributed by atoms with E-state index in [1.807, 2.05) is 12.1 Å². The van der Waals surface area contributed by atoms with Gasteiger partial charge in [-0.25, -0.2) is 0 Å². The van der Waals surface area contributed by atoms with Crippen LogP contribution >= 0.6 is 0 Å². The number of carbonyl (C=O) groups excluding carboxylic acids is 1. The Bertz CT molecular complexity index is 459. The third-order valence-electron chi connectivity index (χ3n) is 2.95. The van der Waals surface area contributed by atoms with E-state index in [0.717, 1.165) is 5.56 Å². The summed E-state index contributed by atoms with van der Waals surface area (Å²) in [5.41, 5.74) is 1.71. The minimum atomic E-state index is -0.855. The van der Waals surface area contributed by atoms with E-state index < -0.39 is 5.97 Å². The lowest BCUT2D eigenvalue weighted by atomic mass is 10.0. The number of nitrogens with one attached hydrogen (secondary N) is 2. The number of amides is 1. The molecule has 116 valence electrons. The number of hydrogen-bond donors (Lipinski definition) is 4. The van der Waals surface area contributed by atoms with Gasteiger partial charge in [-0.05, 0) is 37.1 Å². The first kappa shape index (κ1) is 17.1. The second-order valence-corrected chi connectivity index (χ2v) is 4.91. The summed E-state index contributed by atoms with van der Waals surface area (Å²) in [7, 11) is 0.